The van der Waals surface area contributed by atoms with E-state index in [1.807, 2.05) is 44.4 Å². The Labute approximate surface area is 175 Å². The zero-order chi connectivity index (χ0) is 21.0. The molecule has 29 heavy (non-hydrogen) atoms. The number of aryl methyl sites for hydroxylation is 1. The number of hydrogen-bond acceptors (Lipinski definition) is 6. The van der Waals surface area contributed by atoms with Crippen molar-refractivity contribution in [1.82, 2.24) is 14.8 Å². The Kier molecular flexibility index (Phi) is 6.87. The minimum atomic E-state index is -0.242. The van der Waals surface area contributed by atoms with Crippen LogP contribution >= 0.6 is 11.3 Å². The third kappa shape index (κ3) is 4.94. The normalized spacial score (nSPS) is 14.7. The van der Waals surface area contributed by atoms with Crippen LogP contribution in [0, 0.1) is 13.8 Å². The molecule has 0 unspecified atom stereocenters. The lowest BCUT2D eigenvalue weighted by molar-refractivity contribution is -0.115. The summed E-state index contributed by atoms with van der Waals surface area (Å²) in [6.07, 6.45) is -0.242. The van der Waals surface area contributed by atoms with Gasteiger partial charge in [0.1, 0.15) is 0 Å². The lowest BCUT2D eigenvalue weighted by Crippen LogP contribution is -2.48. The number of rotatable bonds is 5. The van der Waals surface area contributed by atoms with Crippen molar-refractivity contribution in [3.05, 3.63) is 40.4 Å². The zero-order valence-corrected chi connectivity index (χ0v) is 18.3. The topological polar surface area (TPSA) is 66.0 Å². The number of nitrogens with zero attached hydrogens (tertiary/aromatic N) is 4. The summed E-state index contributed by atoms with van der Waals surface area (Å²) in [6.45, 7) is 11.4. The number of benzene rings is 1. The highest BCUT2D eigenvalue weighted by atomic mass is 32.1. The van der Waals surface area contributed by atoms with Gasteiger partial charge in [0.2, 0.25) is 5.91 Å². The maximum atomic E-state index is 12.4. The summed E-state index contributed by atoms with van der Waals surface area (Å²) in [5.41, 5.74) is 4.03. The highest BCUT2D eigenvalue weighted by Gasteiger charge is 2.24. The van der Waals surface area contributed by atoms with Crippen LogP contribution in [0.3, 0.4) is 0 Å². The monoisotopic (exact) mass is 416 g/mol. The average Bonchev–Trinajstić information content (AvgIpc) is 3.13. The van der Waals surface area contributed by atoms with Gasteiger partial charge in [0.25, 0.3) is 0 Å². The predicted octanol–water partition coefficient (Wildman–Crippen LogP) is 3.72. The highest BCUT2D eigenvalue weighted by Crippen LogP contribution is 2.32. The van der Waals surface area contributed by atoms with E-state index in [1.54, 1.807) is 16.7 Å². The van der Waals surface area contributed by atoms with Crippen LogP contribution in [-0.4, -0.2) is 59.6 Å². The lowest BCUT2D eigenvalue weighted by atomic mass is 10.1. The Hall–Kier alpha value is -2.45. The van der Waals surface area contributed by atoms with Crippen LogP contribution in [0.1, 0.15) is 30.7 Å². The molecule has 2 amide bonds. The van der Waals surface area contributed by atoms with Crippen LogP contribution in [0.2, 0.25) is 0 Å². The summed E-state index contributed by atoms with van der Waals surface area (Å²) in [4.78, 5) is 34.7. The van der Waals surface area contributed by atoms with Crippen LogP contribution in [0.4, 0.5) is 15.6 Å². The molecule has 0 aliphatic carbocycles. The number of hydrogen-bond donors (Lipinski definition) is 0. The number of anilines is 2. The molecule has 7 nitrogen and oxygen atoms in total. The Morgan fingerprint density at radius 1 is 1.21 bits per heavy atom. The molecule has 0 radical (unpaired) electrons. The van der Waals surface area contributed by atoms with Gasteiger partial charge < -0.3 is 9.64 Å². The quantitative estimate of drug-likeness (QED) is 0.743. The van der Waals surface area contributed by atoms with Gasteiger partial charge in [0.05, 0.1) is 18.0 Å². The standard InChI is InChI=1S/C21H28N4O3S/c1-5-28-21(27)24-11-9-23(10-12-24)13-18-14-29-20(22-18)25(17(4)26)19-8-6-7-15(2)16(19)3/h6-8,14H,5,9-13H2,1-4H3. The first-order valence-electron chi connectivity index (χ1n) is 9.86. The van der Waals surface area contributed by atoms with Gasteiger partial charge in [0, 0.05) is 45.0 Å². The van der Waals surface area contributed by atoms with Gasteiger partial charge in [0.15, 0.2) is 5.13 Å². The van der Waals surface area contributed by atoms with E-state index < -0.39 is 0 Å². The molecule has 3 rings (SSSR count). The van der Waals surface area contributed by atoms with Crippen molar-refractivity contribution >= 4 is 34.2 Å². The third-order valence-electron chi connectivity index (χ3n) is 5.15. The summed E-state index contributed by atoms with van der Waals surface area (Å²) in [7, 11) is 0. The van der Waals surface area contributed by atoms with Gasteiger partial charge >= 0.3 is 6.09 Å². The number of aromatic nitrogens is 1. The average molecular weight is 417 g/mol. The van der Waals surface area contributed by atoms with Crippen molar-refractivity contribution in [2.45, 2.75) is 34.2 Å². The second-order valence-corrected chi connectivity index (χ2v) is 7.99. The molecule has 1 aromatic heterocycles. The van der Waals surface area contributed by atoms with E-state index in [0.717, 1.165) is 35.6 Å². The highest BCUT2D eigenvalue weighted by molar-refractivity contribution is 7.14. The van der Waals surface area contributed by atoms with Crippen LogP contribution in [-0.2, 0) is 16.1 Å². The molecule has 1 fully saturated rings. The van der Waals surface area contributed by atoms with Crippen molar-refractivity contribution in [2.75, 3.05) is 37.7 Å². The van der Waals surface area contributed by atoms with Crippen LogP contribution in [0.25, 0.3) is 0 Å². The van der Waals surface area contributed by atoms with E-state index in [9.17, 15) is 9.59 Å². The minimum Gasteiger partial charge on any atom is -0.450 e. The number of amides is 2. The zero-order valence-electron chi connectivity index (χ0n) is 17.5. The van der Waals surface area contributed by atoms with Crippen molar-refractivity contribution in [1.29, 1.82) is 0 Å². The SMILES string of the molecule is CCOC(=O)N1CCN(Cc2csc(N(C(C)=O)c3cccc(C)c3C)n2)CC1. The first kappa shape index (κ1) is 21.3. The maximum absolute atomic E-state index is 12.4. The van der Waals surface area contributed by atoms with E-state index in [2.05, 4.69) is 4.90 Å². The van der Waals surface area contributed by atoms with Crippen molar-refractivity contribution in [3.63, 3.8) is 0 Å². The van der Waals surface area contributed by atoms with Gasteiger partial charge in [-0.05, 0) is 38.0 Å². The second-order valence-electron chi connectivity index (χ2n) is 7.16. The first-order valence-corrected chi connectivity index (χ1v) is 10.7. The lowest BCUT2D eigenvalue weighted by Gasteiger charge is -2.33. The Morgan fingerprint density at radius 3 is 2.59 bits per heavy atom. The molecule has 2 aromatic rings. The molecular formula is C21H28N4O3S. The molecule has 8 heteroatoms. The van der Waals surface area contributed by atoms with E-state index in [0.29, 0.717) is 31.4 Å². The van der Waals surface area contributed by atoms with E-state index >= 15 is 0 Å². The van der Waals surface area contributed by atoms with Crippen LogP contribution < -0.4 is 4.90 Å². The van der Waals surface area contributed by atoms with Gasteiger partial charge in [-0.3, -0.25) is 14.6 Å². The van der Waals surface area contributed by atoms with E-state index in [4.69, 9.17) is 9.72 Å². The smallest absolute Gasteiger partial charge is 0.409 e. The molecule has 1 aliphatic heterocycles. The fourth-order valence-corrected chi connectivity index (χ4v) is 4.26. The first-order chi connectivity index (χ1) is 13.9. The third-order valence-corrected chi connectivity index (χ3v) is 6.02. The molecule has 1 saturated heterocycles. The number of piperazine rings is 1. The van der Waals surface area contributed by atoms with Gasteiger partial charge in [-0.25, -0.2) is 9.78 Å². The molecule has 0 spiro atoms. The largest absolute Gasteiger partial charge is 0.450 e. The van der Waals surface area contributed by atoms with Gasteiger partial charge in [-0.15, -0.1) is 11.3 Å². The van der Waals surface area contributed by atoms with Crippen molar-refractivity contribution < 1.29 is 14.3 Å². The number of carbonyl (C=O) groups is 2. The molecule has 1 aromatic carbocycles. The summed E-state index contributed by atoms with van der Waals surface area (Å²) in [6, 6.07) is 5.96. The van der Waals surface area contributed by atoms with Crippen molar-refractivity contribution in [3.8, 4) is 0 Å². The second kappa shape index (κ2) is 9.37. The molecule has 0 N–H and O–H groups in total. The van der Waals surface area contributed by atoms with E-state index in [-0.39, 0.29) is 12.0 Å². The number of thiazole rings is 1. The Morgan fingerprint density at radius 2 is 1.93 bits per heavy atom. The van der Waals surface area contributed by atoms with Gasteiger partial charge in [-0.1, -0.05) is 12.1 Å². The molecule has 1 aliphatic rings. The fraction of sp³-hybridized carbons (Fsp3) is 0.476. The molecule has 2 heterocycles. The molecule has 0 saturated carbocycles. The number of ether oxygens (including phenoxy) is 1. The Bertz CT molecular complexity index is 875. The summed E-state index contributed by atoms with van der Waals surface area (Å²) in [5, 5.41) is 2.69. The number of carbonyl (C=O) groups excluding carboxylic acids is 2. The maximum Gasteiger partial charge on any atom is 0.409 e. The summed E-state index contributed by atoms with van der Waals surface area (Å²) >= 11 is 1.48. The van der Waals surface area contributed by atoms with E-state index in [1.165, 1.54) is 11.3 Å². The van der Waals surface area contributed by atoms with Crippen molar-refractivity contribution in [2.24, 2.45) is 0 Å². The van der Waals surface area contributed by atoms with Crippen LogP contribution in [0.5, 0.6) is 0 Å². The molecule has 0 atom stereocenters. The Balaban J connectivity index is 1.68. The predicted molar refractivity (Wildman–Crippen MR) is 115 cm³/mol. The summed E-state index contributed by atoms with van der Waals surface area (Å²) in [5.74, 6) is -0.0531. The molecular weight excluding hydrogens is 388 g/mol. The molecule has 156 valence electrons. The summed E-state index contributed by atoms with van der Waals surface area (Å²) < 4.78 is 5.07. The van der Waals surface area contributed by atoms with Gasteiger partial charge in [-0.2, -0.15) is 0 Å². The minimum absolute atomic E-state index is 0.0531. The van der Waals surface area contributed by atoms with Crippen LogP contribution in [0.15, 0.2) is 23.6 Å². The molecule has 0 bridgehead atoms. The fourth-order valence-electron chi connectivity index (χ4n) is 3.39.